The van der Waals surface area contributed by atoms with Gasteiger partial charge in [-0.2, -0.15) is 0 Å². The van der Waals surface area contributed by atoms with Crippen molar-refractivity contribution in [3.63, 3.8) is 0 Å². The van der Waals surface area contributed by atoms with Crippen molar-refractivity contribution in [3.05, 3.63) is 35.4 Å². The van der Waals surface area contributed by atoms with Gasteiger partial charge in [0.1, 0.15) is 6.04 Å². The molecule has 0 aromatic heterocycles. The van der Waals surface area contributed by atoms with E-state index in [1.54, 1.807) is 12.1 Å². The standard InChI is InChI=1S/C18H27N3O3/c1-5-19-16(22)11-20-18(24)15(10-12(2)3)21-17(23)14-9-7-6-8-13(14)4/h6-9,12,15H,5,10-11H2,1-4H3,(H,19,22)(H,20,24)(H,21,23)/t15-/m0/s1. The Morgan fingerprint density at radius 2 is 1.75 bits per heavy atom. The van der Waals surface area contributed by atoms with Gasteiger partial charge in [0.2, 0.25) is 11.8 Å². The maximum Gasteiger partial charge on any atom is 0.252 e. The highest BCUT2D eigenvalue weighted by molar-refractivity contribution is 5.99. The molecule has 3 amide bonds. The first-order valence-corrected chi connectivity index (χ1v) is 8.26. The summed E-state index contributed by atoms with van der Waals surface area (Å²) >= 11 is 0. The zero-order valence-corrected chi connectivity index (χ0v) is 14.8. The number of carbonyl (C=O) groups is 3. The van der Waals surface area contributed by atoms with Gasteiger partial charge in [-0.1, -0.05) is 32.0 Å². The highest BCUT2D eigenvalue weighted by Gasteiger charge is 2.23. The first-order chi connectivity index (χ1) is 11.3. The van der Waals surface area contributed by atoms with Gasteiger partial charge in [-0.05, 0) is 37.8 Å². The van der Waals surface area contributed by atoms with Crippen molar-refractivity contribution in [1.29, 1.82) is 0 Å². The van der Waals surface area contributed by atoms with E-state index in [9.17, 15) is 14.4 Å². The lowest BCUT2D eigenvalue weighted by Gasteiger charge is -2.20. The van der Waals surface area contributed by atoms with Gasteiger partial charge in [-0.15, -0.1) is 0 Å². The number of benzene rings is 1. The van der Waals surface area contributed by atoms with Crippen molar-refractivity contribution in [2.45, 2.75) is 40.2 Å². The minimum Gasteiger partial charge on any atom is -0.355 e. The molecule has 0 aliphatic carbocycles. The second-order valence-corrected chi connectivity index (χ2v) is 6.14. The number of hydrogen-bond acceptors (Lipinski definition) is 3. The maximum absolute atomic E-state index is 12.4. The molecule has 24 heavy (non-hydrogen) atoms. The zero-order valence-electron chi connectivity index (χ0n) is 14.8. The lowest BCUT2D eigenvalue weighted by molar-refractivity contribution is -0.127. The molecule has 0 aliphatic rings. The van der Waals surface area contributed by atoms with E-state index in [-0.39, 0.29) is 30.2 Å². The van der Waals surface area contributed by atoms with Crippen LogP contribution in [0.2, 0.25) is 0 Å². The van der Waals surface area contributed by atoms with E-state index in [1.807, 2.05) is 39.8 Å². The number of hydrogen-bond donors (Lipinski definition) is 3. The third-order valence-electron chi connectivity index (χ3n) is 3.52. The number of nitrogens with one attached hydrogen (secondary N) is 3. The van der Waals surface area contributed by atoms with Crippen LogP contribution in [-0.2, 0) is 9.59 Å². The molecule has 0 spiro atoms. The summed E-state index contributed by atoms with van der Waals surface area (Å²) in [5.74, 6) is -0.662. The van der Waals surface area contributed by atoms with E-state index in [4.69, 9.17) is 0 Å². The van der Waals surface area contributed by atoms with Gasteiger partial charge >= 0.3 is 0 Å². The summed E-state index contributed by atoms with van der Waals surface area (Å²) in [6.45, 7) is 8.02. The minimum absolute atomic E-state index is 0.0957. The van der Waals surface area contributed by atoms with Crippen LogP contribution in [0.5, 0.6) is 0 Å². The van der Waals surface area contributed by atoms with E-state index in [0.29, 0.717) is 18.5 Å². The molecule has 0 saturated carbocycles. The van der Waals surface area contributed by atoms with E-state index < -0.39 is 6.04 Å². The van der Waals surface area contributed by atoms with Crippen LogP contribution in [0.4, 0.5) is 0 Å². The Kier molecular flexibility index (Phi) is 7.95. The smallest absolute Gasteiger partial charge is 0.252 e. The summed E-state index contributed by atoms with van der Waals surface area (Å²) in [7, 11) is 0. The number of likely N-dealkylation sites (N-methyl/N-ethyl adjacent to an activating group) is 1. The van der Waals surface area contributed by atoms with Gasteiger partial charge in [0, 0.05) is 12.1 Å². The van der Waals surface area contributed by atoms with Crippen LogP contribution < -0.4 is 16.0 Å². The average molecular weight is 333 g/mol. The second kappa shape index (κ2) is 9.70. The van der Waals surface area contributed by atoms with Gasteiger partial charge in [0.05, 0.1) is 6.54 Å². The average Bonchev–Trinajstić information content (AvgIpc) is 2.52. The second-order valence-electron chi connectivity index (χ2n) is 6.14. The highest BCUT2D eigenvalue weighted by atomic mass is 16.2. The molecular weight excluding hydrogens is 306 g/mol. The Labute approximate surface area is 143 Å². The SMILES string of the molecule is CCNC(=O)CNC(=O)[C@H](CC(C)C)NC(=O)c1ccccc1C. The van der Waals surface area contributed by atoms with Crippen molar-refractivity contribution in [3.8, 4) is 0 Å². The van der Waals surface area contributed by atoms with Crippen molar-refractivity contribution >= 4 is 17.7 Å². The van der Waals surface area contributed by atoms with Crippen LogP contribution in [-0.4, -0.2) is 36.9 Å². The summed E-state index contributed by atoms with van der Waals surface area (Å²) < 4.78 is 0. The third kappa shape index (κ3) is 6.40. The molecule has 0 aliphatic heterocycles. The minimum atomic E-state index is -0.675. The Balaban J connectivity index is 2.74. The van der Waals surface area contributed by atoms with Crippen molar-refractivity contribution in [1.82, 2.24) is 16.0 Å². The van der Waals surface area contributed by atoms with Crippen molar-refractivity contribution < 1.29 is 14.4 Å². The molecule has 1 rings (SSSR count). The summed E-state index contributed by atoms with van der Waals surface area (Å²) in [6.07, 6.45) is 0.499. The first kappa shape index (κ1) is 19.7. The lowest BCUT2D eigenvalue weighted by atomic mass is 10.0. The van der Waals surface area contributed by atoms with Gasteiger partial charge in [-0.3, -0.25) is 14.4 Å². The summed E-state index contributed by atoms with van der Waals surface area (Å²) in [6, 6.07) is 6.54. The fourth-order valence-corrected chi connectivity index (χ4v) is 2.32. The maximum atomic E-state index is 12.4. The van der Waals surface area contributed by atoms with Crippen LogP contribution in [0.3, 0.4) is 0 Å². The molecule has 1 atom stereocenters. The Bertz CT molecular complexity index is 585. The van der Waals surface area contributed by atoms with Crippen LogP contribution in [0.15, 0.2) is 24.3 Å². The molecule has 0 bridgehead atoms. The summed E-state index contributed by atoms with van der Waals surface area (Å²) in [4.78, 5) is 36.2. The molecule has 0 fully saturated rings. The van der Waals surface area contributed by atoms with Gasteiger partial charge in [0.25, 0.3) is 5.91 Å². The lowest BCUT2D eigenvalue weighted by Crippen LogP contribution is -2.49. The number of carbonyl (C=O) groups excluding carboxylic acids is 3. The fourth-order valence-electron chi connectivity index (χ4n) is 2.32. The summed E-state index contributed by atoms with van der Waals surface area (Å²) in [5, 5.41) is 7.97. The normalized spacial score (nSPS) is 11.7. The summed E-state index contributed by atoms with van der Waals surface area (Å²) in [5.41, 5.74) is 1.39. The Morgan fingerprint density at radius 1 is 1.08 bits per heavy atom. The molecule has 0 unspecified atom stereocenters. The van der Waals surface area contributed by atoms with Crippen LogP contribution in [0.1, 0.15) is 43.1 Å². The van der Waals surface area contributed by atoms with Crippen LogP contribution in [0, 0.1) is 12.8 Å². The van der Waals surface area contributed by atoms with Crippen LogP contribution in [0.25, 0.3) is 0 Å². The monoisotopic (exact) mass is 333 g/mol. The molecule has 1 aromatic carbocycles. The van der Waals surface area contributed by atoms with E-state index >= 15 is 0 Å². The molecule has 0 saturated heterocycles. The molecule has 0 heterocycles. The molecular formula is C18H27N3O3. The van der Waals surface area contributed by atoms with Gasteiger partial charge in [0.15, 0.2) is 0 Å². The molecule has 132 valence electrons. The quantitative estimate of drug-likeness (QED) is 0.672. The predicted molar refractivity (Wildman–Crippen MR) is 93.6 cm³/mol. The van der Waals surface area contributed by atoms with Crippen LogP contribution >= 0.6 is 0 Å². The topological polar surface area (TPSA) is 87.3 Å². The van der Waals surface area contributed by atoms with E-state index in [2.05, 4.69) is 16.0 Å². The Hall–Kier alpha value is -2.37. The molecule has 6 heteroatoms. The molecule has 3 N–H and O–H groups in total. The molecule has 1 aromatic rings. The first-order valence-electron chi connectivity index (χ1n) is 8.26. The van der Waals surface area contributed by atoms with Crippen molar-refractivity contribution in [2.24, 2.45) is 5.92 Å². The number of aryl methyl sites for hydroxylation is 1. The number of rotatable bonds is 8. The zero-order chi connectivity index (χ0) is 18.1. The van der Waals surface area contributed by atoms with E-state index in [0.717, 1.165) is 5.56 Å². The highest BCUT2D eigenvalue weighted by Crippen LogP contribution is 2.10. The predicted octanol–water partition coefficient (Wildman–Crippen LogP) is 1.39. The molecule has 0 radical (unpaired) electrons. The fraction of sp³-hybridized carbons (Fsp3) is 0.500. The van der Waals surface area contributed by atoms with Crippen molar-refractivity contribution in [2.75, 3.05) is 13.1 Å². The van der Waals surface area contributed by atoms with Gasteiger partial charge in [-0.25, -0.2) is 0 Å². The molecule has 6 nitrogen and oxygen atoms in total. The third-order valence-corrected chi connectivity index (χ3v) is 3.52. The van der Waals surface area contributed by atoms with E-state index in [1.165, 1.54) is 0 Å². The number of amides is 3. The van der Waals surface area contributed by atoms with Gasteiger partial charge < -0.3 is 16.0 Å². The Morgan fingerprint density at radius 3 is 2.33 bits per heavy atom. The largest absolute Gasteiger partial charge is 0.355 e.